The summed E-state index contributed by atoms with van der Waals surface area (Å²) in [5, 5.41) is 15.3. The first-order valence-electron chi connectivity index (χ1n) is 8.71. The largest absolute Gasteiger partial charge is 0.491 e. The molecule has 0 saturated carbocycles. The molecule has 3 rings (SSSR count). The Kier molecular flexibility index (Phi) is 5.21. The average Bonchev–Trinajstić information content (AvgIpc) is 3.03. The third kappa shape index (κ3) is 4.16. The summed E-state index contributed by atoms with van der Waals surface area (Å²) in [7, 11) is 0. The molecule has 1 aromatic heterocycles. The summed E-state index contributed by atoms with van der Waals surface area (Å²) in [4.78, 5) is 2.30. The van der Waals surface area contributed by atoms with Crippen LogP contribution in [0.3, 0.4) is 0 Å². The molecular formula is C19H27N3O2. The van der Waals surface area contributed by atoms with Crippen LogP contribution in [-0.4, -0.2) is 45.1 Å². The van der Waals surface area contributed by atoms with Crippen LogP contribution in [-0.2, 0) is 6.54 Å². The number of hydrogen-bond donors (Lipinski definition) is 1. The second-order valence-electron chi connectivity index (χ2n) is 7.00. The Balaban J connectivity index is 1.60. The molecular weight excluding hydrogens is 302 g/mol. The topological polar surface area (TPSA) is 50.5 Å². The van der Waals surface area contributed by atoms with Crippen molar-refractivity contribution in [1.29, 1.82) is 0 Å². The second kappa shape index (κ2) is 7.36. The van der Waals surface area contributed by atoms with E-state index in [2.05, 4.69) is 29.9 Å². The minimum absolute atomic E-state index is 0.330. The minimum Gasteiger partial charge on any atom is -0.491 e. The Morgan fingerprint density at radius 1 is 1.25 bits per heavy atom. The number of benzene rings is 1. The van der Waals surface area contributed by atoms with Crippen molar-refractivity contribution < 1.29 is 9.84 Å². The molecule has 1 aromatic carbocycles. The van der Waals surface area contributed by atoms with Gasteiger partial charge in [0.15, 0.2) is 0 Å². The summed E-state index contributed by atoms with van der Waals surface area (Å²) >= 11 is 0. The van der Waals surface area contributed by atoms with Crippen molar-refractivity contribution in [1.82, 2.24) is 14.7 Å². The van der Waals surface area contributed by atoms with Gasteiger partial charge >= 0.3 is 0 Å². The molecule has 0 radical (unpaired) electrons. The number of nitrogens with zero attached hydrogens (tertiary/aromatic N) is 3. The quantitative estimate of drug-likeness (QED) is 0.885. The van der Waals surface area contributed by atoms with Crippen molar-refractivity contribution in [2.75, 3.05) is 19.7 Å². The van der Waals surface area contributed by atoms with Crippen molar-refractivity contribution in [2.45, 2.75) is 44.9 Å². The van der Waals surface area contributed by atoms with Crippen molar-refractivity contribution in [3.63, 3.8) is 0 Å². The number of ether oxygens (including phenoxy) is 1. The van der Waals surface area contributed by atoms with Crippen LogP contribution in [0.5, 0.6) is 5.75 Å². The second-order valence-corrected chi connectivity index (χ2v) is 7.00. The molecule has 5 heteroatoms. The molecule has 1 aliphatic heterocycles. The standard InChI is InChI=1S/C19H27N3O2/c1-16(2)22-17(9-11-20-22)13-21-12-6-10-19(23,14-21)15-24-18-7-4-3-5-8-18/h3-5,7-9,11,16,23H,6,10,12-15H2,1-2H3/t19-/m0/s1. The Bertz CT molecular complexity index is 641. The SMILES string of the molecule is CC(C)n1nccc1CN1CCC[C@@](O)(COc2ccccc2)C1. The number of para-hydroxylation sites is 1. The number of aromatic nitrogens is 2. The lowest BCUT2D eigenvalue weighted by atomic mass is 9.93. The molecule has 0 aliphatic carbocycles. The van der Waals surface area contributed by atoms with Crippen LogP contribution in [0.15, 0.2) is 42.6 Å². The molecule has 0 amide bonds. The van der Waals surface area contributed by atoms with Crippen LogP contribution in [0.25, 0.3) is 0 Å². The summed E-state index contributed by atoms with van der Waals surface area (Å²) in [5.41, 5.74) is 0.398. The third-order valence-electron chi connectivity index (χ3n) is 4.51. The fourth-order valence-corrected chi connectivity index (χ4v) is 3.35. The zero-order valence-electron chi connectivity index (χ0n) is 14.6. The molecule has 0 spiro atoms. The van der Waals surface area contributed by atoms with E-state index in [1.807, 2.05) is 41.2 Å². The van der Waals surface area contributed by atoms with Crippen LogP contribution in [0.1, 0.15) is 38.4 Å². The van der Waals surface area contributed by atoms with Crippen molar-refractivity contribution in [3.05, 3.63) is 48.3 Å². The normalized spacial score (nSPS) is 22.0. The minimum atomic E-state index is -0.795. The fourth-order valence-electron chi connectivity index (χ4n) is 3.35. The summed E-state index contributed by atoms with van der Waals surface area (Å²) in [6.45, 7) is 7.04. The fraction of sp³-hybridized carbons (Fsp3) is 0.526. The molecule has 2 aromatic rings. The van der Waals surface area contributed by atoms with Gasteiger partial charge in [-0.05, 0) is 51.4 Å². The van der Waals surface area contributed by atoms with Crippen molar-refractivity contribution >= 4 is 0 Å². The number of piperidine rings is 1. The van der Waals surface area contributed by atoms with Crippen molar-refractivity contribution in [2.24, 2.45) is 0 Å². The molecule has 1 atom stereocenters. The lowest BCUT2D eigenvalue weighted by Crippen LogP contribution is -2.51. The number of β-amino-alcohol motifs (C(OH)–C–C–N with tert-alkyl or cyclic N) is 1. The number of rotatable bonds is 6. The van der Waals surface area contributed by atoms with E-state index < -0.39 is 5.60 Å². The Morgan fingerprint density at radius 3 is 2.79 bits per heavy atom. The predicted molar refractivity (Wildman–Crippen MR) is 94.0 cm³/mol. The van der Waals surface area contributed by atoms with Gasteiger partial charge < -0.3 is 9.84 Å². The van der Waals surface area contributed by atoms with E-state index in [9.17, 15) is 5.11 Å². The van der Waals surface area contributed by atoms with Gasteiger partial charge in [-0.2, -0.15) is 5.10 Å². The van der Waals surface area contributed by atoms with Gasteiger partial charge in [0, 0.05) is 25.3 Å². The third-order valence-corrected chi connectivity index (χ3v) is 4.51. The van der Waals surface area contributed by atoms with Crippen LogP contribution in [0.2, 0.25) is 0 Å². The van der Waals surface area contributed by atoms with E-state index in [-0.39, 0.29) is 0 Å². The van der Waals surface area contributed by atoms with E-state index in [1.54, 1.807) is 0 Å². The number of hydrogen-bond acceptors (Lipinski definition) is 4. The first-order chi connectivity index (χ1) is 11.6. The zero-order chi connectivity index (χ0) is 17.0. The number of aliphatic hydroxyl groups is 1. The van der Waals surface area contributed by atoms with Crippen LogP contribution in [0, 0.1) is 0 Å². The molecule has 1 fully saturated rings. The Labute approximate surface area is 143 Å². The van der Waals surface area contributed by atoms with Gasteiger partial charge in [0.1, 0.15) is 18.0 Å². The molecule has 1 N–H and O–H groups in total. The highest BCUT2D eigenvalue weighted by atomic mass is 16.5. The molecule has 24 heavy (non-hydrogen) atoms. The van der Waals surface area contributed by atoms with Gasteiger partial charge in [-0.15, -0.1) is 0 Å². The maximum Gasteiger partial charge on any atom is 0.119 e. The average molecular weight is 329 g/mol. The van der Waals surface area contributed by atoms with E-state index >= 15 is 0 Å². The Morgan fingerprint density at radius 2 is 2.04 bits per heavy atom. The molecule has 0 bridgehead atoms. The predicted octanol–water partition coefficient (Wildman–Crippen LogP) is 2.87. The monoisotopic (exact) mass is 329 g/mol. The molecule has 0 unspecified atom stereocenters. The molecule has 2 heterocycles. The summed E-state index contributed by atoms with van der Waals surface area (Å²) in [6, 6.07) is 12.1. The summed E-state index contributed by atoms with van der Waals surface area (Å²) in [5.74, 6) is 0.806. The highest BCUT2D eigenvalue weighted by Crippen LogP contribution is 2.24. The van der Waals surface area contributed by atoms with E-state index in [1.165, 1.54) is 5.69 Å². The molecule has 1 aliphatic rings. The first-order valence-corrected chi connectivity index (χ1v) is 8.71. The van der Waals surface area contributed by atoms with E-state index in [4.69, 9.17) is 4.74 Å². The van der Waals surface area contributed by atoms with Gasteiger partial charge in [0.25, 0.3) is 0 Å². The van der Waals surface area contributed by atoms with Gasteiger partial charge in [-0.25, -0.2) is 0 Å². The first kappa shape index (κ1) is 17.0. The molecule has 5 nitrogen and oxygen atoms in total. The van der Waals surface area contributed by atoms with E-state index in [0.717, 1.165) is 31.7 Å². The maximum atomic E-state index is 10.9. The van der Waals surface area contributed by atoms with Crippen LogP contribution >= 0.6 is 0 Å². The summed E-state index contributed by atoms with van der Waals surface area (Å²) in [6.07, 6.45) is 3.61. The van der Waals surface area contributed by atoms with E-state index in [0.29, 0.717) is 19.2 Å². The Hall–Kier alpha value is -1.85. The molecule has 1 saturated heterocycles. The zero-order valence-corrected chi connectivity index (χ0v) is 14.6. The smallest absolute Gasteiger partial charge is 0.119 e. The maximum absolute atomic E-state index is 10.9. The number of likely N-dealkylation sites (tertiary alicyclic amines) is 1. The highest BCUT2D eigenvalue weighted by molar-refractivity contribution is 5.21. The van der Waals surface area contributed by atoms with Crippen molar-refractivity contribution in [3.8, 4) is 5.75 Å². The van der Waals surface area contributed by atoms with Gasteiger partial charge in [0.05, 0.1) is 5.69 Å². The van der Waals surface area contributed by atoms with Gasteiger partial charge in [-0.3, -0.25) is 9.58 Å². The van der Waals surface area contributed by atoms with Crippen LogP contribution < -0.4 is 4.74 Å². The van der Waals surface area contributed by atoms with Crippen LogP contribution in [0.4, 0.5) is 0 Å². The lowest BCUT2D eigenvalue weighted by molar-refractivity contribution is -0.0626. The van der Waals surface area contributed by atoms with Gasteiger partial charge in [-0.1, -0.05) is 18.2 Å². The molecule has 130 valence electrons. The van der Waals surface area contributed by atoms with Gasteiger partial charge in [0.2, 0.25) is 0 Å². The highest BCUT2D eigenvalue weighted by Gasteiger charge is 2.34. The summed E-state index contributed by atoms with van der Waals surface area (Å²) < 4.78 is 7.85. The lowest BCUT2D eigenvalue weighted by Gasteiger charge is -2.39.